The molecule has 0 spiro atoms. The second-order valence-electron chi connectivity index (χ2n) is 6.27. The highest BCUT2D eigenvalue weighted by Crippen LogP contribution is 2.25. The first kappa shape index (κ1) is 18.0. The Labute approximate surface area is 158 Å². The summed E-state index contributed by atoms with van der Waals surface area (Å²) < 4.78 is 5.76. The predicted molar refractivity (Wildman–Crippen MR) is 107 cm³/mol. The third-order valence-corrected chi connectivity index (χ3v) is 4.25. The molecule has 1 heterocycles. The molecular weight excluding hydrogens is 346 g/mol. The molecule has 0 unspecified atom stereocenters. The maximum absolute atomic E-state index is 12.2. The number of para-hydroxylation sites is 1. The minimum absolute atomic E-state index is 0.192. The molecule has 0 atom stereocenters. The molecule has 0 bridgehead atoms. The van der Waals surface area contributed by atoms with Crippen molar-refractivity contribution in [3.05, 3.63) is 83.1 Å². The van der Waals surface area contributed by atoms with Crippen LogP contribution in [0.1, 0.15) is 31.1 Å². The number of benzene rings is 2. The second kappa shape index (κ2) is 8.07. The molecule has 0 saturated heterocycles. The zero-order chi connectivity index (χ0) is 18.5. The van der Waals surface area contributed by atoms with Crippen molar-refractivity contribution in [3.8, 4) is 11.3 Å². The zero-order valence-electron chi connectivity index (χ0n) is 14.7. The van der Waals surface area contributed by atoms with E-state index < -0.39 is 0 Å². The number of anilines is 1. The van der Waals surface area contributed by atoms with Gasteiger partial charge in [0.1, 0.15) is 11.5 Å². The summed E-state index contributed by atoms with van der Waals surface area (Å²) in [7, 11) is 0. The Morgan fingerprint density at radius 1 is 1.04 bits per heavy atom. The number of hydrogen-bond acceptors (Lipinski definition) is 2. The third kappa shape index (κ3) is 4.44. The summed E-state index contributed by atoms with van der Waals surface area (Å²) in [4.78, 5) is 12.2. The molecule has 3 nitrogen and oxygen atoms in total. The van der Waals surface area contributed by atoms with Crippen LogP contribution in [0.3, 0.4) is 0 Å². The van der Waals surface area contributed by atoms with E-state index in [2.05, 4.69) is 19.2 Å². The summed E-state index contributed by atoms with van der Waals surface area (Å²) in [6.07, 6.45) is 3.13. The molecule has 0 aliphatic rings. The SMILES string of the molecule is CC(C)c1ccccc1NC(=O)C=Cc1ccc(-c2ccc(Cl)cc2)o1. The van der Waals surface area contributed by atoms with Gasteiger partial charge in [-0.2, -0.15) is 0 Å². The minimum Gasteiger partial charge on any atom is -0.457 e. The van der Waals surface area contributed by atoms with Crippen LogP contribution < -0.4 is 5.32 Å². The monoisotopic (exact) mass is 365 g/mol. The van der Waals surface area contributed by atoms with Gasteiger partial charge in [0.05, 0.1) is 0 Å². The van der Waals surface area contributed by atoms with Crippen molar-refractivity contribution in [1.29, 1.82) is 0 Å². The zero-order valence-corrected chi connectivity index (χ0v) is 15.5. The normalized spacial score (nSPS) is 11.2. The molecule has 1 amide bonds. The molecular formula is C22H20ClNO2. The lowest BCUT2D eigenvalue weighted by atomic mass is 10.0. The first-order chi connectivity index (χ1) is 12.5. The molecule has 0 fully saturated rings. The van der Waals surface area contributed by atoms with E-state index in [0.717, 1.165) is 22.6 Å². The van der Waals surface area contributed by atoms with E-state index in [0.29, 0.717) is 16.7 Å². The third-order valence-electron chi connectivity index (χ3n) is 4.00. The lowest BCUT2D eigenvalue weighted by Gasteiger charge is -2.12. The summed E-state index contributed by atoms with van der Waals surface area (Å²) in [5.74, 6) is 1.49. The number of furan rings is 1. The van der Waals surface area contributed by atoms with Crippen molar-refractivity contribution in [2.45, 2.75) is 19.8 Å². The van der Waals surface area contributed by atoms with Crippen LogP contribution in [-0.4, -0.2) is 5.91 Å². The Balaban J connectivity index is 1.69. The predicted octanol–water partition coefficient (Wildman–Crippen LogP) is 6.38. The van der Waals surface area contributed by atoms with Crippen molar-refractivity contribution < 1.29 is 9.21 Å². The fourth-order valence-electron chi connectivity index (χ4n) is 2.66. The molecule has 0 aliphatic heterocycles. The number of amides is 1. The van der Waals surface area contributed by atoms with Crippen LogP contribution in [0.5, 0.6) is 0 Å². The van der Waals surface area contributed by atoms with E-state index in [1.165, 1.54) is 6.08 Å². The molecule has 0 saturated carbocycles. The Morgan fingerprint density at radius 3 is 2.50 bits per heavy atom. The minimum atomic E-state index is -0.192. The van der Waals surface area contributed by atoms with E-state index in [1.807, 2.05) is 60.7 Å². The standard InChI is InChI=1S/C22H20ClNO2/c1-15(2)19-5-3-4-6-20(19)24-22(25)14-12-18-11-13-21(26-18)16-7-9-17(23)10-8-16/h3-15H,1-2H3,(H,24,25). The topological polar surface area (TPSA) is 42.2 Å². The molecule has 4 heteroatoms. The summed E-state index contributed by atoms with van der Waals surface area (Å²) >= 11 is 5.90. The van der Waals surface area contributed by atoms with Gasteiger partial charge in [-0.25, -0.2) is 0 Å². The molecule has 3 aromatic rings. The van der Waals surface area contributed by atoms with Gasteiger partial charge in [-0.05, 0) is 60.0 Å². The fraction of sp³-hybridized carbons (Fsp3) is 0.136. The maximum Gasteiger partial charge on any atom is 0.248 e. The maximum atomic E-state index is 12.2. The second-order valence-corrected chi connectivity index (χ2v) is 6.71. The van der Waals surface area contributed by atoms with E-state index >= 15 is 0 Å². The highest BCUT2D eigenvalue weighted by Gasteiger charge is 2.08. The highest BCUT2D eigenvalue weighted by atomic mass is 35.5. The molecule has 26 heavy (non-hydrogen) atoms. The van der Waals surface area contributed by atoms with Crippen molar-refractivity contribution in [1.82, 2.24) is 0 Å². The van der Waals surface area contributed by atoms with E-state index in [1.54, 1.807) is 6.08 Å². The van der Waals surface area contributed by atoms with Gasteiger partial charge in [-0.1, -0.05) is 43.6 Å². The lowest BCUT2D eigenvalue weighted by Crippen LogP contribution is -2.10. The number of hydrogen-bond donors (Lipinski definition) is 1. The number of carbonyl (C=O) groups is 1. The van der Waals surface area contributed by atoms with Crippen molar-refractivity contribution in [2.75, 3.05) is 5.32 Å². The van der Waals surface area contributed by atoms with Crippen molar-refractivity contribution >= 4 is 29.3 Å². The Kier molecular flexibility index (Phi) is 5.59. The molecule has 1 N–H and O–H groups in total. The molecule has 0 aliphatic carbocycles. The van der Waals surface area contributed by atoms with Gasteiger partial charge in [0.2, 0.25) is 5.91 Å². The van der Waals surface area contributed by atoms with E-state index in [9.17, 15) is 4.79 Å². The first-order valence-electron chi connectivity index (χ1n) is 8.46. The van der Waals surface area contributed by atoms with Crippen LogP contribution in [0.25, 0.3) is 17.4 Å². The lowest BCUT2D eigenvalue weighted by molar-refractivity contribution is -0.111. The van der Waals surface area contributed by atoms with Crippen LogP contribution in [-0.2, 0) is 4.79 Å². The number of carbonyl (C=O) groups excluding carboxylic acids is 1. The number of nitrogens with one attached hydrogen (secondary N) is 1. The number of halogens is 1. The molecule has 2 aromatic carbocycles. The van der Waals surface area contributed by atoms with E-state index in [4.69, 9.17) is 16.0 Å². The molecule has 132 valence electrons. The first-order valence-corrected chi connectivity index (χ1v) is 8.84. The Morgan fingerprint density at radius 2 is 1.77 bits per heavy atom. The van der Waals surface area contributed by atoms with Gasteiger partial charge in [-0.15, -0.1) is 0 Å². The summed E-state index contributed by atoms with van der Waals surface area (Å²) in [5.41, 5.74) is 2.88. The van der Waals surface area contributed by atoms with Crippen LogP contribution in [0.2, 0.25) is 5.02 Å². The van der Waals surface area contributed by atoms with Gasteiger partial charge >= 0.3 is 0 Å². The van der Waals surface area contributed by atoms with Crippen molar-refractivity contribution in [2.24, 2.45) is 0 Å². The van der Waals surface area contributed by atoms with Gasteiger partial charge in [0.15, 0.2) is 0 Å². The van der Waals surface area contributed by atoms with Gasteiger partial charge < -0.3 is 9.73 Å². The molecule has 3 rings (SSSR count). The Bertz CT molecular complexity index is 923. The average Bonchev–Trinajstić information content (AvgIpc) is 3.10. The highest BCUT2D eigenvalue weighted by molar-refractivity contribution is 6.30. The van der Waals surface area contributed by atoms with E-state index in [-0.39, 0.29) is 5.91 Å². The molecule has 1 aromatic heterocycles. The van der Waals surface area contributed by atoms with Crippen LogP contribution in [0, 0.1) is 0 Å². The summed E-state index contributed by atoms with van der Waals surface area (Å²) in [6, 6.07) is 18.9. The van der Waals surface area contributed by atoms with Crippen LogP contribution in [0.4, 0.5) is 5.69 Å². The largest absolute Gasteiger partial charge is 0.457 e. The summed E-state index contributed by atoms with van der Waals surface area (Å²) in [5, 5.41) is 3.60. The van der Waals surface area contributed by atoms with Crippen LogP contribution >= 0.6 is 11.6 Å². The van der Waals surface area contributed by atoms with Gasteiger partial charge in [-0.3, -0.25) is 4.79 Å². The smallest absolute Gasteiger partial charge is 0.248 e. The van der Waals surface area contributed by atoms with Crippen molar-refractivity contribution in [3.63, 3.8) is 0 Å². The average molecular weight is 366 g/mol. The van der Waals surface area contributed by atoms with Gasteiger partial charge in [0.25, 0.3) is 0 Å². The summed E-state index contributed by atoms with van der Waals surface area (Å²) in [6.45, 7) is 4.20. The number of rotatable bonds is 5. The fourth-order valence-corrected chi connectivity index (χ4v) is 2.78. The van der Waals surface area contributed by atoms with Crippen LogP contribution in [0.15, 0.2) is 71.2 Å². The quantitative estimate of drug-likeness (QED) is 0.533. The van der Waals surface area contributed by atoms with Gasteiger partial charge in [0, 0.05) is 22.3 Å². The Hall–Kier alpha value is -2.78. The molecule has 0 radical (unpaired) electrons.